The molecule has 0 bridgehead atoms. The van der Waals surface area contributed by atoms with Gasteiger partial charge in [-0.15, -0.1) is 0 Å². The molecule has 1 heterocycles. The smallest absolute Gasteiger partial charge is 0.194 e. The maximum Gasteiger partial charge on any atom is 0.194 e. The number of carbonyl (C=O) groups is 1. The first kappa shape index (κ1) is 9.42. The van der Waals surface area contributed by atoms with Gasteiger partial charge < -0.3 is 5.73 Å². The van der Waals surface area contributed by atoms with Gasteiger partial charge in [0.15, 0.2) is 11.5 Å². The highest BCUT2D eigenvalue weighted by atomic mass is 16.1. The van der Waals surface area contributed by atoms with Crippen LogP contribution in [0.15, 0.2) is 6.07 Å². The van der Waals surface area contributed by atoms with Gasteiger partial charge in [0.05, 0.1) is 6.54 Å². The number of ketones is 1. The number of carbonyl (C=O) groups excluding carboxylic acids is 1. The van der Waals surface area contributed by atoms with Crippen LogP contribution in [0.25, 0.3) is 0 Å². The van der Waals surface area contributed by atoms with Crippen molar-refractivity contribution in [3.8, 4) is 6.07 Å². The highest BCUT2D eigenvalue weighted by Gasteiger charge is 2.12. The van der Waals surface area contributed by atoms with E-state index in [1.165, 1.54) is 10.7 Å². The molecule has 1 aromatic rings. The molecule has 68 valence electrons. The lowest BCUT2D eigenvalue weighted by Gasteiger charge is -1.99. The van der Waals surface area contributed by atoms with Gasteiger partial charge in [-0.1, -0.05) is 0 Å². The Bertz CT molecular complexity index is 361. The molecule has 0 radical (unpaired) electrons. The molecule has 0 saturated carbocycles. The summed E-state index contributed by atoms with van der Waals surface area (Å²) in [5, 5.41) is 12.5. The first-order chi connectivity index (χ1) is 6.22. The number of nitrogens with two attached hydrogens (primary N) is 1. The Labute approximate surface area is 75.8 Å². The van der Waals surface area contributed by atoms with Crippen molar-refractivity contribution >= 4 is 5.78 Å². The molecule has 13 heavy (non-hydrogen) atoms. The van der Waals surface area contributed by atoms with Crippen molar-refractivity contribution in [1.82, 2.24) is 9.78 Å². The van der Waals surface area contributed by atoms with Crippen LogP contribution in [0, 0.1) is 11.3 Å². The number of nitrogens with zero attached hydrogens (tertiary/aromatic N) is 3. The highest BCUT2D eigenvalue weighted by molar-refractivity contribution is 5.96. The zero-order valence-electron chi connectivity index (χ0n) is 7.32. The minimum absolute atomic E-state index is 0.0590. The van der Waals surface area contributed by atoms with Crippen molar-refractivity contribution in [3.05, 3.63) is 17.5 Å². The van der Waals surface area contributed by atoms with Crippen LogP contribution in [-0.4, -0.2) is 22.1 Å². The van der Waals surface area contributed by atoms with E-state index in [4.69, 9.17) is 11.0 Å². The van der Waals surface area contributed by atoms with Crippen LogP contribution >= 0.6 is 0 Å². The fraction of sp³-hybridized carbons (Fsp3) is 0.375. The molecular formula is C8H10N4O. The van der Waals surface area contributed by atoms with Crippen LogP contribution in [0.4, 0.5) is 0 Å². The van der Waals surface area contributed by atoms with Gasteiger partial charge in [0.1, 0.15) is 11.8 Å². The van der Waals surface area contributed by atoms with E-state index in [9.17, 15) is 4.79 Å². The Morgan fingerprint density at radius 2 is 2.54 bits per heavy atom. The molecule has 0 aliphatic carbocycles. The molecule has 5 heteroatoms. The van der Waals surface area contributed by atoms with E-state index in [1.54, 1.807) is 0 Å². The van der Waals surface area contributed by atoms with E-state index < -0.39 is 0 Å². The van der Waals surface area contributed by atoms with Gasteiger partial charge in [-0.3, -0.25) is 9.48 Å². The zero-order chi connectivity index (χ0) is 9.84. The molecule has 2 N–H and O–H groups in total. The van der Waals surface area contributed by atoms with Crippen LogP contribution in [0.3, 0.4) is 0 Å². The fourth-order valence-electron chi connectivity index (χ4n) is 1.04. The highest BCUT2D eigenvalue weighted by Crippen LogP contribution is 2.03. The first-order valence-electron chi connectivity index (χ1n) is 3.94. The maximum absolute atomic E-state index is 11.2. The monoisotopic (exact) mass is 178 g/mol. The van der Waals surface area contributed by atoms with Crippen LogP contribution in [-0.2, 0) is 6.54 Å². The summed E-state index contributed by atoms with van der Waals surface area (Å²) >= 11 is 0. The van der Waals surface area contributed by atoms with E-state index in [-0.39, 0.29) is 18.0 Å². The SMILES string of the molecule is CCn1nc(C#N)cc1C(=O)CN. The quantitative estimate of drug-likeness (QED) is 0.656. The normalized spacial score (nSPS) is 9.62. The second-order valence-electron chi connectivity index (χ2n) is 2.47. The summed E-state index contributed by atoms with van der Waals surface area (Å²) < 4.78 is 1.48. The van der Waals surface area contributed by atoms with Gasteiger partial charge in [-0.25, -0.2) is 0 Å². The van der Waals surface area contributed by atoms with E-state index in [2.05, 4.69) is 5.10 Å². The molecule has 0 aromatic carbocycles. The van der Waals surface area contributed by atoms with Gasteiger partial charge in [-0.2, -0.15) is 10.4 Å². The summed E-state index contributed by atoms with van der Waals surface area (Å²) in [7, 11) is 0. The van der Waals surface area contributed by atoms with Crippen molar-refractivity contribution in [1.29, 1.82) is 5.26 Å². The molecule has 0 atom stereocenters. The molecule has 0 amide bonds. The molecule has 0 fully saturated rings. The number of aromatic nitrogens is 2. The summed E-state index contributed by atoms with van der Waals surface area (Å²) in [5.41, 5.74) is 5.86. The maximum atomic E-state index is 11.2. The summed E-state index contributed by atoms with van der Waals surface area (Å²) in [5.74, 6) is -0.198. The Morgan fingerprint density at radius 3 is 3.00 bits per heavy atom. The number of nitriles is 1. The lowest BCUT2D eigenvalue weighted by molar-refractivity contribution is 0.0991. The zero-order valence-corrected chi connectivity index (χ0v) is 7.32. The van der Waals surface area contributed by atoms with E-state index >= 15 is 0 Å². The number of hydrogen-bond acceptors (Lipinski definition) is 4. The fourth-order valence-corrected chi connectivity index (χ4v) is 1.04. The van der Waals surface area contributed by atoms with Crippen LogP contribution < -0.4 is 5.73 Å². The number of Topliss-reactive ketones (excluding diaryl/α,β-unsaturated/α-hetero) is 1. The molecular weight excluding hydrogens is 168 g/mol. The van der Waals surface area contributed by atoms with E-state index in [0.29, 0.717) is 12.2 Å². The van der Waals surface area contributed by atoms with E-state index in [0.717, 1.165) is 0 Å². The summed E-state index contributed by atoms with van der Waals surface area (Å²) in [6.07, 6.45) is 0. The Kier molecular flexibility index (Phi) is 2.77. The van der Waals surface area contributed by atoms with Crippen LogP contribution in [0.2, 0.25) is 0 Å². The van der Waals surface area contributed by atoms with Crippen molar-refractivity contribution in [2.24, 2.45) is 5.73 Å². The third kappa shape index (κ3) is 1.73. The molecule has 1 rings (SSSR count). The lowest BCUT2D eigenvalue weighted by atomic mass is 10.2. The van der Waals surface area contributed by atoms with Crippen molar-refractivity contribution in [2.45, 2.75) is 13.5 Å². The number of rotatable bonds is 3. The molecule has 0 unspecified atom stereocenters. The average molecular weight is 178 g/mol. The minimum atomic E-state index is -0.198. The molecule has 0 saturated heterocycles. The Balaban J connectivity index is 3.13. The summed E-state index contributed by atoms with van der Waals surface area (Å²) in [4.78, 5) is 11.2. The summed E-state index contributed by atoms with van der Waals surface area (Å²) in [6.45, 7) is 2.35. The van der Waals surface area contributed by atoms with Gasteiger partial charge in [0.25, 0.3) is 0 Å². The van der Waals surface area contributed by atoms with Crippen molar-refractivity contribution in [3.63, 3.8) is 0 Å². The van der Waals surface area contributed by atoms with E-state index in [1.807, 2.05) is 13.0 Å². The van der Waals surface area contributed by atoms with Crippen LogP contribution in [0.1, 0.15) is 23.1 Å². The largest absolute Gasteiger partial charge is 0.324 e. The first-order valence-corrected chi connectivity index (χ1v) is 3.94. The number of aryl methyl sites for hydroxylation is 1. The molecule has 0 aliphatic heterocycles. The van der Waals surface area contributed by atoms with Crippen molar-refractivity contribution < 1.29 is 4.79 Å². The molecule has 0 aliphatic rings. The predicted molar refractivity (Wildman–Crippen MR) is 46.0 cm³/mol. The second-order valence-corrected chi connectivity index (χ2v) is 2.47. The lowest BCUT2D eigenvalue weighted by Crippen LogP contribution is -2.18. The molecule has 1 aromatic heterocycles. The van der Waals surface area contributed by atoms with Gasteiger partial charge >= 0.3 is 0 Å². The second kappa shape index (κ2) is 3.83. The third-order valence-corrected chi connectivity index (χ3v) is 1.67. The average Bonchev–Trinajstić information content (AvgIpc) is 2.59. The predicted octanol–water partition coefficient (Wildman–Crippen LogP) is -0.0839. The van der Waals surface area contributed by atoms with Crippen molar-refractivity contribution in [2.75, 3.05) is 6.54 Å². The third-order valence-electron chi connectivity index (χ3n) is 1.67. The Morgan fingerprint density at radius 1 is 1.85 bits per heavy atom. The standard InChI is InChI=1S/C8H10N4O/c1-2-12-7(8(13)5-10)3-6(4-9)11-12/h3H,2,5,10H2,1H3. The minimum Gasteiger partial charge on any atom is -0.324 e. The van der Waals surface area contributed by atoms with Gasteiger partial charge in [-0.05, 0) is 6.92 Å². The van der Waals surface area contributed by atoms with Crippen LogP contribution in [0.5, 0.6) is 0 Å². The van der Waals surface area contributed by atoms with Gasteiger partial charge in [0, 0.05) is 12.6 Å². The Hall–Kier alpha value is -1.67. The summed E-state index contributed by atoms with van der Waals surface area (Å²) in [6, 6.07) is 3.33. The van der Waals surface area contributed by atoms with Gasteiger partial charge in [0.2, 0.25) is 0 Å². The molecule has 5 nitrogen and oxygen atoms in total. The topological polar surface area (TPSA) is 84.7 Å². The molecule has 0 spiro atoms. The number of hydrogen-bond donors (Lipinski definition) is 1.